The van der Waals surface area contributed by atoms with Crippen molar-refractivity contribution < 1.29 is 22.1 Å². The molecule has 0 aliphatic heterocycles. The molecule has 0 heterocycles. The molecule has 1 aromatic rings. The van der Waals surface area contributed by atoms with Crippen molar-refractivity contribution in [3.63, 3.8) is 0 Å². The number of hydrogen-bond donors (Lipinski definition) is 0. The first kappa shape index (κ1) is 15.2. The molecule has 0 N–H and O–H groups in total. The van der Waals surface area contributed by atoms with Crippen LogP contribution in [0.5, 0.6) is 0 Å². The largest absolute Gasteiger partial charge is 0.577 e. The highest BCUT2D eigenvalue weighted by molar-refractivity contribution is 6.36. The third-order valence-electron chi connectivity index (χ3n) is 2.45. The molecule has 1 radical (unpaired) electrons. The van der Waals surface area contributed by atoms with Gasteiger partial charge in [0.2, 0.25) is 0 Å². The van der Waals surface area contributed by atoms with E-state index in [1.807, 2.05) is 6.92 Å². The molecule has 0 bridgehead atoms. The van der Waals surface area contributed by atoms with E-state index in [4.69, 9.17) is 13.3 Å². The zero-order valence-corrected chi connectivity index (χ0v) is 11.7. The summed E-state index contributed by atoms with van der Waals surface area (Å²) in [6.07, 6.45) is 1.24. The molecule has 0 aliphatic rings. The first-order chi connectivity index (χ1) is 8.56. The van der Waals surface area contributed by atoms with Gasteiger partial charge in [0.15, 0.2) is 11.6 Å². The van der Waals surface area contributed by atoms with Crippen LogP contribution in [0, 0.1) is 11.6 Å². The standard InChI is InChI=1S/C12H17F2O3Si/c1-9(17-18(15-2)16-3)4-5-10-6-7-11(13)12(14)8-10/h6-9H,4-5H2,1-3H3. The van der Waals surface area contributed by atoms with E-state index in [1.165, 1.54) is 20.3 Å². The molecule has 0 saturated carbocycles. The summed E-state index contributed by atoms with van der Waals surface area (Å²) in [5.41, 5.74) is 0.743. The predicted octanol–water partition coefficient (Wildman–Crippen LogP) is 2.58. The van der Waals surface area contributed by atoms with E-state index in [-0.39, 0.29) is 6.10 Å². The van der Waals surface area contributed by atoms with Crippen molar-refractivity contribution in [2.45, 2.75) is 25.9 Å². The van der Waals surface area contributed by atoms with Gasteiger partial charge in [-0.3, -0.25) is 0 Å². The highest BCUT2D eigenvalue weighted by Gasteiger charge is 2.18. The fourth-order valence-corrected chi connectivity index (χ4v) is 2.27. The van der Waals surface area contributed by atoms with Crippen LogP contribution in [0.25, 0.3) is 0 Å². The Morgan fingerprint density at radius 3 is 2.39 bits per heavy atom. The van der Waals surface area contributed by atoms with Crippen LogP contribution in [0.3, 0.4) is 0 Å². The van der Waals surface area contributed by atoms with E-state index < -0.39 is 21.2 Å². The van der Waals surface area contributed by atoms with Crippen molar-refractivity contribution in [1.82, 2.24) is 0 Å². The van der Waals surface area contributed by atoms with Crippen LogP contribution in [0.4, 0.5) is 8.78 Å². The molecule has 3 nitrogen and oxygen atoms in total. The summed E-state index contributed by atoms with van der Waals surface area (Å²) in [5.74, 6) is -1.65. The number of halogens is 2. The van der Waals surface area contributed by atoms with Gasteiger partial charge in [-0.25, -0.2) is 8.78 Å². The number of aryl methyl sites for hydroxylation is 1. The minimum absolute atomic E-state index is 0.0631. The van der Waals surface area contributed by atoms with Crippen LogP contribution in [0.2, 0.25) is 0 Å². The number of hydrogen-bond acceptors (Lipinski definition) is 3. The van der Waals surface area contributed by atoms with Gasteiger partial charge in [0.1, 0.15) is 0 Å². The van der Waals surface area contributed by atoms with Gasteiger partial charge in [-0.2, -0.15) is 0 Å². The lowest BCUT2D eigenvalue weighted by Crippen LogP contribution is -2.28. The van der Waals surface area contributed by atoms with Crippen molar-refractivity contribution in [1.29, 1.82) is 0 Å². The van der Waals surface area contributed by atoms with Crippen molar-refractivity contribution in [2.75, 3.05) is 14.2 Å². The van der Waals surface area contributed by atoms with Crippen molar-refractivity contribution in [3.8, 4) is 0 Å². The molecule has 18 heavy (non-hydrogen) atoms. The van der Waals surface area contributed by atoms with E-state index in [0.29, 0.717) is 12.8 Å². The SMILES string of the molecule is CO[Si](OC)OC(C)CCc1ccc(F)c(F)c1. The maximum atomic E-state index is 13.0. The fourth-order valence-electron chi connectivity index (χ4n) is 1.47. The Morgan fingerprint density at radius 1 is 1.17 bits per heavy atom. The van der Waals surface area contributed by atoms with Crippen LogP contribution in [0.1, 0.15) is 18.9 Å². The molecule has 0 aromatic heterocycles. The molecule has 1 rings (SSSR count). The van der Waals surface area contributed by atoms with E-state index in [2.05, 4.69) is 0 Å². The average Bonchev–Trinajstić information content (AvgIpc) is 2.37. The monoisotopic (exact) mass is 275 g/mol. The molecule has 1 aromatic carbocycles. The summed E-state index contributed by atoms with van der Waals surface area (Å²) in [6.45, 7) is 1.89. The average molecular weight is 275 g/mol. The Bertz CT molecular complexity index is 372. The maximum Gasteiger partial charge on any atom is 0.577 e. The minimum Gasteiger partial charge on any atom is -0.375 e. The Balaban J connectivity index is 2.42. The van der Waals surface area contributed by atoms with Gasteiger partial charge in [0, 0.05) is 20.3 Å². The van der Waals surface area contributed by atoms with Gasteiger partial charge < -0.3 is 13.3 Å². The van der Waals surface area contributed by atoms with Crippen LogP contribution < -0.4 is 0 Å². The molecule has 1 unspecified atom stereocenters. The topological polar surface area (TPSA) is 27.7 Å². The van der Waals surface area contributed by atoms with Crippen LogP contribution in [0.15, 0.2) is 18.2 Å². The van der Waals surface area contributed by atoms with E-state index >= 15 is 0 Å². The van der Waals surface area contributed by atoms with Gasteiger partial charge >= 0.3 is 9.53 Å². The second kappa shape index (κ2) is 7.58. The summed E-state index contributed by atoms with van der Waals surface area (Å²) in [7, 11) is 1.38. The smallest absolute Gasteiger partial charge is 0.375 e. The summed E-state index contributed by atoms with van der Waals surface area (Å²) in [5, 5.41) is 0. The normalized spacial score (nSPS) is 13.0. The third-order valence-corrected chi connectivity index (χ3v) is 3.72. The summed E-state index contributed by atoms with van der Waals surface area (Å²) < 4.78 is 41.2. The number of benzene rings is 1. The van der Waals surface area contributed by atoms with Crippen molar-refractivity contribution >= 4 is 9.53 Å². The lowest BCUT2D eigenvalue weighted by molar-refractivity contribution is 0.0908. The lowest BCUT2D eigenvalue weighted by Gasteiger charge is -2.16. The number of rotatable bonds is 7. The molecule has 101 valence electrons. The van der Waals surface area contributed by atoms with E-state index in [1.54, 1.807) is 6.07 Å². The second-order valence-corrected chi connectivity index (χ2v) is 5.43. The summed E-state index contributed by atoms with van der Waals surface area (Å²) >= 11 is 0. The van der Waals surface area contributed by atoms with Gasteiger partial charge in [-0.15, -0.1) is 0 Å². The molecular formula is C12H17F2O3Si. The van der Waals surface area contributed by atoms with Crippen LogP contribution >= 0.6 is 0 Å². The second-order valence-electron chi connectivity index (χ2n) is 3.87. The lowest BCUT2D eigenvalue weighted by atomic mass is 10.1. The Morgan fingerprint density at radius 2 is 1.83 bits per heavy atom. The van der Waals surface area contributed by atoms with Gasteiger partial charge in [-0.05, 0) is 37.5 Å². The highest BCUT2D eigenvalue weighted by Crippen LogP contribution is 2.12. The maximum absolute atomic E-state index is 13.0. The molecule has 0 amide bonds. The molecule has 0 aliphatic carbocycles. The molecule has 0 saturated heterocycles. The zero-order chi connectivity index (χ0) is 13.5. The predicted molar refractivity (Wildman–Crippen MR) is 65.0 cm³/mol. The minimum atomic E-state index is -1.67. The highest BCUT2D eigenvalue weighted by atomic mass is 28.3. The first-order valence-corrected chi connectivity index (χ1v) is 6.84. The Labute approximate surface area is 108 Å². The van der Waals surface area contributed by atoms with Gasteiger partial charge in [0.25, 0.3) is 0 Å². The zero-order valence-electron chi connectivity index (χ0n) is 10.7. The molecule has 0 fully saturated rings. The van der Waals surface area contributed by atoms with E-state index in [9.17, 15) is 8.78 Å². The Kier molecular flexibility index (Phi) is 6.41. The fraction of sp³-hybridized carbons (Fsp3) is 0.500. The van der Waals surface area contributed by atoms with E-state index in [0.717, 1.165) is 11.6 Å². The summed E-state index contributed by atoms with van der Waals surface area (Å²) in [4.78, 5) is 0. The molecule has 1 atom stereocenters. The first-order valence-electron chi connectivity index (χ1n) is 5.62. The van der Waals surface area contributed by atoms with Crippen molar-refractivity contribution in [2.24, 2.45) is 0 Å². The van der Waals surface area contributed by atoms with Crippen molar-refractivity contribution in [3.05, 3.63) is 35.4 Å². The van der Waals surface area contributed by atoms with Crippen LogP contribution in [-0.4, -0.2) is 29.9 Å². The van der Waals surface area contributed by atoms with Gasteiger partial charge in [0.05, 0.1) is 0 Å². The Hall–Kier alpha value is -0.823. The summed E-state index contributed by atoms with van der Waals surface area (Å²) in [6, 6.07) is 3.92. The molecular weight excluding hydrogens is 258 g/mol. The molecule has 6 heteroatoms. The van der Waals surface area contributed by atoms with Gasteiger partial charge in [-0.1, -0.05) is 6.07 Å². The van der Waals surface area contributed by atoms with Crippen LogP contribution in [-0.2, 0) is 19.7 Å². The third kappa shape index (κ3) is 4.81. The molecule has 0 spiro atoms. The quantitative estimate of drug-likeness (QED) is 0.716.